The summed E-state index contributed by atoms with van der Waals surface area (Å²) >= 11 is 30.3. The number of hydrogen-bond donors (Lipinski definition) is 2. The van der Waals surface area contributed by atoms with E-state index in [1.54, 1.807) is 0 Å². The Kier molecular flexibility index (Phi) is 31.8. The standard InChI is InChI=1S/C23H24ClN5.C22H23ClN4.C21H23ClN4O.C21H21ClN4.C20H22ClN3O/c1-27-14-17(12-26-27)15-28-10-7-18(8-11-28)22-16-29(20-4-2-19(24)3-5-20)23-13-25-9-6-21(22)23;23-18-3-5-19(6-4-18)27-16-21(20-7-11-25-15-22(20)27)17-8-13-26(14-9-17)12-2-1-10-24;22-16-1-3-17(4-2-16)26-14-19(18-6-10-24-13-20(18)26)15-7-11-25(12-8-15)21(27)5-9-23;22-17-2-4-18(5-3-17)26-15-20(19-6-10-24-14-21(19)26)16-7-12-25(13-8-16)11-1-9-23;21-16-1-3-17(4-2-16)24-14-19(18-5-8-22-13-20(18)24)15-6-9-23(10-7-15)11-12-25/h2-6,9,12-14,16,18H,7-8,10-11,15H2,1H3;3-7,11,15-17H,1-2,8-9,12-14H2;1-4,6,10,13-15H,5,7-9,11-12,23H2;2-6,10,14-16H,1,7-8,11-13H2;1-5,8,13-15,25H,6-7,9-12H2. The normalized spacial score (nSPS) is 15.9. The zero-order valence-electron chi connectivity index (χ0n) is 75.7. The van der Waals surface area contributed by atoms with Crippen LogP contribution in [-0.2, 0) is 18.4 Å². The zero-order valence-corrected chi connectivity index (χ0v) is 79.4. The first-order valence-corrected chi connectivity index (χ1v) is 48.8. The summed E-state index contributed by atoms with van der Waals surface area (Å²) in [5, 5.41) is 41.0. The van der Waals surface area contributed by atoms with Crippen LogP contribution in [0.5, 0.6) is 0 Å². The van der Waals surface area contributed by atoms with Gasteiger partial charge in [-0.05, 0) is 339 Å². The number of halogens is 5. The van der Waals surface area contributed by atoms with Crippen molar-refractivity contribution >= 4 is 118 Å². The summed E-state index contributed by atoms with van der Waals surface area (Å²) in [6.07, 6.45) is 48.3. The molecule has 27 heteroatoms. The Labute approximate surface area is 808 Å². The molecule has 16 heterocycles. The molecule has 22 nitrogen and oxygen atoms in total. The summed E-state index contributed by atoms with van der Waals surface area (Å²) in [6, 6.07) is 54.8. The predicted molar refractivity (Wildman–Crippen MR) is 540 cm³/mol. The summed E-state index contributed by atoms with van der Waals surface area (Å²) in [5.41, 5.74) is 24.9. The molecule has 0 bridgehead atoms. The second kappa shape index (κ2) is 45.2. The molecule has 0 atom stereocenters. The van der Waals surface area contributed by atoms with Gasteiger partial charge in [0.25, 0.3) is 0 Å². The van der Waals surface area contributed by atoms with Crippen molar-refractivity contribution in [3.63, 3.8) is 0 Å². The number of rotatable bonds is 21. The second-order valence-corrected chi connectivity index (χ2v) is 37.8. The number of likely N-dealkylation sites (tertiary alicyclic amines) is 5. The number of aliphatic hydroxyl groups is 1. The zero-order chi connectivity index (χ0) is 92.4. The number of hydrogen-bond acceptors (Lipinski definition) is 15. The highest BCUT2D eigenvalue weighted by molar-refractivity contribution is 6.32. The number of nitrogens with zero attached hydrogens (tertiary/aromatic N) is 19. The van der Waals surface area contributed by atoms with E-state index in [4.69, 9.17) is 79.4 Å². The highest BCUT2D eigenvalue weighted by Gasteiger charge is 2.31. The van der Waals surface area contributed by atoms with Gasteiger partial charge < -0.3 is 53.3 Å². The number of aliphatic hydroxyl groups excluding tert-OH is 1. The smallest absolute Gasteiger partial charge is 0.223 e. The molecule has 5 saturated heterocycles. The van der Waals surface area contributed by atoms with Crippen molar-refractivity contribution in [3.8, 4) is 40.6 Å². The van der Waals surface area contributed by atoms with Crippen molar-refractivity contribution in [1.82, 2.24) is 82.0 Å². The number of amides is 1. The Hall–Kier alpha value is -11.6. The number of pyridine rings is 5. The highest BCUT2D eigenvalue weighted by Crippen LogP contribution is 2.43. The molecule has 0 spiro atoms. The van der Waals surface area contributed by atoms with E-state index in [0.717, 1.165) is 231 Å². The van der Waals surface area contributed by atoms with Crippen LogP contribution in [0.4, 0.5) is 0 Å². The van der Waals surface area contributed by atoms with E-state index in [1.807, 2.05) is 182 Å². The number of aromatic nitrogens is 12. The number of nitrogens with two attached hydrogens (primary N) is 1. The van der Waals surface area contributed by atoms with Gasteiger partial charge in [0.05, 0.1) is 83.5 Å². The summed E-state index contributed by atoms with van der Waals surface area (Å²) in [6.45, 7) is 14.6. The van der Waals surface area contributed by atoms with Gasteiger partial charge in [-0.2, -0.15) is 15.6 Å². The molecule has 5 aliphatic rings. The lowest BCUT2D eigenvalue weighted by molar-refractivity contribution is -0.132. The van der Waals surface area contributed by atoms with Crippen molar-refractivity contribution in [1.29, 1.82) is 10.5 Å². The SMILES string of the molecule is Cn1cc(CN2CCC(c3cn(-c4ccc(Cl)cc4)c4cnccc34)CC2)cn1.N#CCCCN1CCC(c2cn(-c3ccc(Cl)cc3)c3cnccc23)CC1.N#CCCN1CCC(c2cn(-c3ccc(Cl)cc3)c3cnccc23)CC1.NCCC(=O)N1CCC(c2cn(-c3ccc(Cl)cc3)c3cnccc23)CC1.OCCN1CCC(c2cn(-c3ccc(Cl)cc3)c3cnccc23)CC1. The number of nitriles is 2. The molecule has 0 unspecified atom stereocenters. The molecule has 11 aromatic heterocycles. The molecule has 3 N–H and O–H groups in total. The Morgan fingerprint density at radius 3 is 0.910 bits per heavy atom. The molecule has 0 radical (unpaired) electrons. The van der Waals surface area contributed by atoms with Crippen molar-refractivity contribution in [2.45, 2.75) is 126 Å². The number of unbranched alkanes of at least 4 members (excludes halogenated alkanes) is 1. The van der Waals surface area contributed by atoms with E-state index in [2.05, 4.69) is 176 Å². The first-order chi connectivity index (χ1) is 65.6. The van der Waals surface area contributed by atoms with Gasteiger partial charge in [-0.25, -0.2) is 0 Å². The largest absolute Gasteiger partial charge is 0.395 e. The van der Waals surface area contributed by atoms with Gasteiger partial charge in [0.2, 0.25) is 5.91 Å². The fraction of sp³-hybridized carbons (Fsp3) is 0.336. The van der Waals surface area contributed by atoms with Crippen LogP contribution >= 0.6 is 58.0 Å². The average molecular weight is 1890 g/mol. The quantitative estimate of drug-likeness (QED) is 0.0637. The lowest BCUT2D eigenvalue weighted by Gasteiger charge is -2.32. The van der Waals surface area contributed by atoms with Crippen LogP contribution in [-0.4, -0.2) is 191 Å². The molecular formula is C107H113Cl5N20O2. The number of fused-ring (bicyclic) bond motifs is 5. The van der Waals surface area contributed by atoms with Crippen LogP contribution in [0.1, 0.15) is 153 Å². The summed E-state index contributed by atoms with van der Waals surface area (Å²) in [7, 11) is 1.97. The third-order valence-corrected chi connectivity index (χ3v) is 28.6. The first kappa shape index (κ1) is 94.2. The topological polar surface area (TPSA) is 234 Å². The van der Waals surface area contributed by atoms with Crippen LogP contribution in [0.15, 0.2) is 257 Å². The third-order valence-electron chi connectivity index (χ3n) is 27.4. The van der Waals surface area contributed by atoms with E-state index in [0.29, 0.717) is 55.4 Å². The minimum Gasteiger partial charge on any atom is -0.395 e. The van der Waals surface area contributed by atoms with Crippen molar-refractivity contribution < 1.29 is 9.90 Å². The first-order valence-electron chi connectivity index (χ1n) is 46.9. The van der Waals surface area contributed by atoms with Gasteiger partial charge in [0.1, 0.15) is 0 Å². The molecule has 134 heavy (non-hydrogen) atoms. The van der Waals surface area contributed by atoms with Gasteiger partial charge >= 0.3 is 0 Å². The van der Waals surface area contributed by atoms with Gasteiger partial charge in [-0.15, -0.1) is 0 Å². The van der Waals surface area contributed by atoms with Gasteiger partial charge in [0.15, 0.2) is 0 Å². The van der Waals surface area contributed by atoms with Crippen molar-refractivity contribution in [2.24, 2.45) is 12.8 Å². The molecule has 688 valence electrons. The van der Waals surface area contributed by atoms with Crippen LogP contribution in [0.3, 0.4) is 0 Å². The van der Waals surface area contributed by atoms with Crippen LogP contribution in [0, 0.1) is 22.7 Å². The molecular weight excluding hydrogens is 1770 g/mol. The summed E-state index contributed by atoms with van der Waals surface area (Å²) < 4.78 is 13.0. The molecule has 0 aliphatic carbocycles. The molecule has 1 amide bonds. The predicted octanol–water partition coefficient (Wildman–Crippen LogP) is 22.3. The second-order valence-electron chi connectivity index (χ2n) is 35.6. The minimum absolute atomic E-state index is 0.170. The average Bonchev–Trinajstić information content (AvgIpc) is 1.64. The number of piperidine rings is 5. The fourth-order valence-electron chi connectivity index (χ4n) is 20.3. The summed E-state index contributed by atoms with van der Waals surface area (Å²) in [4.78, 5) is 45.5. The van der Waals surface area contributed by atoms with Crippen LogP contribution in [0.25, 0.3) is 83.0 Å². The van der Waals surface area contributed by atoms with Crippen molar-refractivity contribution in [3.05, 3.63) is 315 Å². The van der Waals surface area contributed by atoms with E-state index in [1.165, 1.54) is 73.2 Å². The summed E-state index contributed by atoms with van der Waals surface area (Å²) in [5.74, 6) is 2.84. The fourth-order valence-corrected chi connectivity index (χ4v) is 20.9. The van der Waals surface area contributed by atoms with Crippen molar-refractivity contribution in [2.75, 3.05) is 98.2 Å². The van der Waals surface area contributed by atoms with E-state index in [-0.39, 0.29) is 12.5 Å². The van der Waals surface area contributed by atoms with Gasteiger partial charge in [-0.1, -0.05) is 58.0 Å². The molecule has 0 saturated carbocycles. The lowest BCUT2D eigenvalue weighted by atomic mass is 9.89. The van der Waals surface area contributed by atoms with E-state index in [9.17, 15) is 4.79 Å². The number of β-amino-alcohol motifs (C(OH)–C–C–N with tert-alkyl or cyclic N) is 1. The number of carbonyl (C=O) groups is 1. The van der Waals surface area contributed by atoms with E-state index >= 15 is 0 Å². The Morgan fingerprint density at radius 1 is 0.366 bits per heavy atom. The number of carbonyl (C=O) groups excluding carboxylic acids is 1. The Bertz CT molecular complexity index is 6650. The Balaban J connectivity index is 0.000000117. The van der Waals surface area contributed by atoms with Crippen LogP contribution < -0.4 is 5.73 Å². The Morgan fingerprint density at radius 2 is 0.642 bits per heavy atom. The maximum atomic E-state index is 12.1. The van der Waals surface area contributed by atoms with Gasteiger partial charge in [0, 0.05) is 220 Å². The van der Waals surface area contributed by atoms with Gasteiger partial charge in [-0.3, -0.25) is 39.3 Å². The maximum absolute atomic E-state index is 12.1. The maximum Gasteiger partial charge on any atom is 0.223 e. The van der Waals surface area contributed by atoms with E-state index < -0.39 is 0 Å². The molecule has 5 aromatic carbocycles. The molecule has 21 rings (SSSR count). The minimum atomic E-state index is 0.170. The number of aryl methyl sites for hydroxylation is 1. The monoisotopic (exact) mass is 1880 g/mol. The molecule has 16 aromatic rings. The van der Waals surface area contributed by atoms with Crippen LogP contribution in [0.2, 0.25) is 25.1 Å². The molecule has 5 aliphatic heterocycles. The third kappa shape index (κ3) is 22.6. The number of benzene rings is 5. The molecule has 5 fully saturated rings. The highest BCUT2D eigenvalue weighted by atomic mass is 35.5. The lowest BCUT2D eigenvalue weighted by Crippen LogP contribution is -2.38.